The van der Waals surface area contributed by atoms with Gasteiger partial charge in [-0.2, -0.15) is 0 Å². The number of benzene rings is 2. The van der Waals surface area contributed by atoms with Gasteiger partial charge in [-0.05, 0) is 24.3 Å². The maximum atomic E-state index is 13.5. The molecular weight excluding hydrogens is 401 g/mol. The molecular formula is C23H24FN3O4. The molecule has 0 bridgehead atoms. The number of nitrogens with one attached hydrogen (secondary N) is 1. The number of carbonyl (C=O) groups excluding carboxylic acids is 2. The van der Waals surface area contributed by atoms with Crippen molar-refractivity contribution in [3.8, 4) is 5.75 Å². The van der Waals surface area contributed by atoms with Crippen molar-refractivity contribution in [2.45, 2.75) is 0 Å². The molecule has 0 radical (unpaired) electrons. The molecule has 162 valence electrons. The summed E-state index contributed by atoms with van der Waals surface area (Å²) < 4.78 is 23.9. The molecule has 0 atom stereocenters. The lowest BCUT2D eigenvalue weighted by molar-refractivity contribution is 0.0593. The van der Waals surface area contributed by atoms with Crippen LogP contribution in [0.4, 0.5) is 4.39 Å². The molecule has 2 aromatic carbocycles. The number of carbonyl (C=O) groups is 2. The summed E-state index contributed by atoms with van der Waals surface area (Å²) in [5.41, 5.74) is 1.74. The highest BCUT2D eigenvalue weighted by Gasteiger charge is 2.23. The topological polar surface area (TPSA) is 74.9 Å². The van der Waals surface area contributed by atoms with Gasteiger partial charge in [-0.25, -0.2) is 9.18 Å². The first kappa shape index (κ1) is 20.9. The van der Waals surface area contributed by atoms with Crippen molar-refractivity contribution in [2.75, 3.05) is 46.4 Å². The van der Waals surface area contributed by atoms with E-state index < -0.39 is 11.8 Å². The Kier molecular flexibility index (Phi) is 6.18. The number of aromatic amines is 1. The molecule has 1 aliphatic heterocycles. The monoisotopic (exact) mass is 425 g/mol. The molecule has 4 rings (SSSR count). The maximum Gasteiger partial charge on any atom is 0.341 e. The van der Waals surface area contributed by atoms with E-state index in [1.54, 1.807) is 0 Å². The van der Waals surface area contributed by atoms with E-state index >= 15 is 0 Å². The zero-order chi connectivity index (χ0) is 21.8. The Bertz CT molecular complexity index is 1060. The molecule has 1 amide bonds. The average molecular weight is 425 g/mol. The number of para-hydroxylation sites is 1. The van der Waals surface area contributed by atoms with Crippen LogP contribution in [0, 0.1) is 5.82 Å². The Morgan fingerprint density at radius 2 is 1.84 bits per heavy atom. The normalized spacial score (nSPS) is 14.6. The summed E-state index contributed by atoms with van der Waals surface area (Å²) in [4.78, 5) is 31.8. The summed E-state index contributed by atoms with van der Waals surface area (Å²) in [6.07, 6.45) is 0. The molecule has 7 nitrogen and oxygen atoms in total. The summed E-state index contributed by atoms with van der Waals surface area (Å²) in [5.74, 6) is -0.889. The smallest absolute Gasteiger partial charge is 0.341 e. The molecule has 0 unspecified atom stereocenters. The van der Waals surface area contributed by atoms with E-state index in [4.69, 9.17) is 9.47 Å². The number of hydrogen-bond acceptors (Lipinski definition) is 5. The van der Waals surface area contributed by atoms with Crippen LogP contribution >= 0.6 is 0 Å². The van der Waals surface area contributed by atoms with Crippen molar-refractivity contribution < 1.29 is 23.5 Å². The second-order valence-corrected chi connectivity index (χ2v) is 7.38. The standard InChI is InChI=1S/C23H24FN3O4/c1-30-23(29)18-7-6-17(24)15-21(18)31-13-12-26-8-10-27(11-9-26)22(28)20-14-16-4-2-3-5-19(16)25-20/h2-7,14-15,25H,8-13H2,1H3. The van der Waals surface area contributed by atoms with Crippen molar-refractivity contribution >= 4 is 22.8 Å². The minimum Gasteiger partial charge on any atom is -0.491 e. The second-order valence-electron chi connectivity index (χ2n) is 7.38. The van der Waals surface area contributed by atoms with Gasteiger partial charge in [-0.1, -0.05) is 18.2 Å². The van der Waals surface area contributed by atoms with Gasteiger partial charge in [0.1, 0.15) is 29.4 Å². The van der Waals surface area contributed by atoms with Crippen molar-refractivity contribution in [3.63, 3.8) is 0 Å². The highest BCUT2D eigenvalue weighted by Crippen LogP contribution is 2.21. The Labute approximate surface area is 179 Å². The number of amides is 1. The minimum absolute atomic E-state index is 0.00502. The molecule has 8 heteroatoms. The van der Waals surface area contributed by atoms with E-state index in [1.807, 2.05) is 35.2 Å². The molecule has 1 aliphatic rings. The van der Waals surface area contributed by atoms with E-state index in [0.29, 0.717) is 45.0 Å². The lowest BCUT2D eigenvalue weighted by Crippen LogP contribution is -2.49. The van der Waals surface area contributed by atoms with Gasteiger partial charge in [0.15, 0.2) is 0 Å². The number of fused-ring (bicyclic) bond motifs is 1. The van der Waals surface area contributed by atoms with Crippen LogP contribution in [0.3, 0.4) is 0 Å². The fourth-order valence-electron chi connectivity index (χ4n) is 3.71. The number of methoxy groups -OCH3 is 1. The largest absolute Gasteiger partial charge is 0.491 e. The lowest BCUT2D eigenvalue weighted by Gasteiger charge is -2.34. The lowest BCUT2D eigenvalue weighted by atomic mass is 10.2. The van der Waals surface area contributed by atoms with Gasteiger partial charge < -0.3 is 19.4 Å². The van der Waals surface area contributed by atoms with Crippen molar-refractivity contribution in [1.82, 2.24) is 14.8 Å². The van der Waals surface area contributed by atoms with Crippen molar-refractivity contribution in [2.24, 2.45) is 0 Å². The second kappa shape index (κ2) is 9.18. The van der Waals surface area contributed by atoms with E-state index in [9.17, 15) is 14.0 Å². The molecule has 3 aromatic rings. The summed E-state index contributed by atoms with van der Waals surface area (Å²) in [7, 11) is 1.27. The average Bonchev–Trinajstić information content (AvgIpc) is 3.23. The Morgan fingerprint density at radius 1 is 1.06 bits per heavy atom. The summed E-state index contributed by atoms with van der Waals surface area (Å²) in [6, 6.07) is 13.4. The zero-order valence-corrected chi connectivity index (χ0v) is 17.3. The molecule has 31 heavy (non-hydrogen) atoms. The fraction of sp³-hybridized carbons (Fsp3) is 0.304. The van der Waals surface area contributed by atoms with Crippen LogP contribution in [-0.2, 0) is 4.74 Å². The number of hydrogen-bond donors (Lipinski definition) is 1. The molecule has 0 saturated carbocycles. The molecule has 1 aromatic heterocycles. The van der Waals surface area contributed by atoms with Crippen molar-refractivity contribution in [3.05, 3.63) is 65.6 Å². The Balaban J connectivity index is 1.28. The van der Waals surface area contributed by atoms with Crippen LogP contribution < -0.4 is 4.74 Å². The van der Waals surface area contributed by atoms with Crippen LogP contribution in [0.5, 0.6) is 5.75 Å². The number of rotatable bonds is 6. The third kappa shape index (κ3) is 4.69. The molecule has 0 spiro atoms. The number of esters is 1. The number of nitrogens with zero attached hydrogens (tertiary/aromatic N) is 2. The van der Waals surface area contributed by atoms with Crippen molar-refractivity contribution in [1.29, 1.82) is 0 Å². The van der Waals surface area contributed by atoms with Crippen LogP contribution in [0.15, 0.2) is 48.5 Å². The summed E-state index contributed by atoms with van der Waals surface area (Å²) >= 11 is 0. The number of piperazine rings is 1. The van der Waals surface area contributed by atoms with E-state index in [-0.39, 0.29) is 17.2 Å². The first-order valence-electron chi connectivity index (χ1n) is 10.1. The van der Waals surface area contributed by atoms with Crippen LogP contribution in [-0.4, -0.2) is 73.1 Å². The minimum atomic E-state index is -0.570. The van der Waals surface area contributed by atoms with E-state index in [2.05, 4.69) is 9.88 Å². The predicted molar refractivity (Wildman–Crippen MR) is 114 cm³/mol. The Morgan fingerprint density at radius 3 is 2.58 bits per heavy atom. The molecule has 1 fully saturated rings. The number of halogens is 1. The SMILES string of the molecule is COC(=O)c1ccc(F)cc1OCCN1CCN(C(=O)c2cc3ccccc3[nH]2)CC1. The van der Waals surface area contributed by atoms with E-state index in [1.165, 1.54) is 25.3 Å². The quantitative estimate of drug-likeness (QED) is 0.615. The van der Waals surface area contributed by atoms with Crippen LogP contribution in [0.25, 0.3) is 10.9 Å². The number of ether oxygens (including phenoxy) is 2. The van der Waals surface area contributed by atoms with Gasteiger partial charge in [0, 0.05) is 49.7 Å². The first-order valence-corrected chi connectivity index (χ1v) is 10.1. The third-order valence-electron chi connectivity index (χ3n) is 5.43. The number of aromatic nitrogens is 1. The molecule has 1 N–H and O–H groups in total. The predicted octanol–water partition coefficient (Wildman–Crippen LogP) is 2.93. The first-order chi connectivity index (χ1) is 15.0. The molecule has 0 aliphatic carbocycles. The van der Waals surface area contributed by atoms with Gasteiger partial charge in [-0.15, -0.1) is 0 Å². The maximum absolute atomic E-state index is 13.5. The van der Waals surface area contributed by atoms with Gasteiger partial charge in [0.05, 0.1) is 7.11 Å². The fourth-order valence-corrected chi connectivity index (χ4v) is 3.71. The van der Waals surface area contributed by atoms with Gasteiger partial charge in [0.25, 0.3) is 5.91 Å². The number of H-pyrrole nitrogens is 1. The third-order valence-corrected chi connectivity index (χ3v) is 5.43. The molecule has 1 saturated heterocycles. The zero-order valence-electron chi connectivity index (χ0n) is 17.3. The molecule has 2 heterocycles. The van der Waals surface area contributed by atoms with Crippen LogP contribution in [0.2, 0.25) is 0 Å². The Hall–Kier alpha value is -3.39. The van der Waals surface area contributed by atoms with Gasteiger partial charge >= 0.3 is 5.97 Å². The van der Waals surface area contributed by atoms with Gasteiger partial charge in [-0.3, -0.25) is 9.69 Å². The summed E-state index contributed by atoms with van der Waals surface area (Å²) in [5, 5.41) is 1.02. The highest BCUT2D eigenvalue weighted by atomic mass is 19.1. The highest BCUT2D eigenvalue weighted by molar-refractivity contribution is 5.98. The summed E-state index contributed by atoms with van der Waals surface area (Å²) in [6.45, 7) is 3.54. The van der Waals surface area contributed by atoms with Crippen LogP contribution in [0.1, 0.15) is 20.8 Å². The van der Waals surface area contributed by atoms with E-state index in [0.717, 1.165) is 10.9 Å². The van der Waals surface area contributed by atoms with Gasteiger partial charge in [0.2, 0.25) is 0 Å².